The molecule has 0 amide bonds. The van der Waals surface area contributed by atoms with Gasteiger partial charge in [0.1, 0.15) is 0 Å². The summed E-state index contributed by atoms with van der Waals surface area (Å²) in [5.41, 5.74) is 8.32. The fourth-order valence-electron chi connectivity index (χ4n) is 1.01. The van der Waals surface area contributed by atoms with Gasteiger partial charge in [-0.25, -0.2) is 5.43 Å². The Kier molecular flexibility index (Phi) is 6.96. The maximum Gasteiger partial charge on any atom is 0.206 e. The first-order valence-corrected chi connectivity index (χ1v) is 5.71. The average molecular weight is 279 g/mol. The number of hydrogen-bond acceptors (Lipinski definition) is 3. The van der Waals surface area contributed by atoms with Crippen molar-refractivity contribution in [1.29, 1.82) is 5.41 Å². The average Bonchev–Trinajstić information content (AvgIpc) is 2.17. The van der Waals surface area contributed by atoms with Gasteiger partial charge in [0, 0.05) is 10.5 Å². The van der Waals surface area contributed by atoms with Crippen LogP contribution in [0.4, 0.5) is 0 Å². The molecule has 0 fully saturated rings. The number of rotatable bonds is 3. The molecule has 0 atom stereocenters. The Hall–Kier alpha value is -0.910. The highest BCUT2D eigenvalue weighted by Crippen LogP contribution is 2.27. The monoisotopic (exact) mass is 278 g/mol. The van der Waals surface area contributed by atoms with E-state index < -0.39 is 0 Å². The molecule has 16 heavy (non-hydrogen) atoms. The molecule has 0 heterocycles. The lowest BCUT2D eigenvalue weighted by atomic mass is 10.2. The van der Waals surface area contributed by atoms with Gasteiger partial charge in [0.2, 0.25) is 5.96 Å². The lowest BCUT2D eigenvalue weighted by molar-refractivity contribution is 1.00. The quantitative estimate of drug-likeness (QED) is 0.344. The van der Waals surface area contributed by atoms with Crippen LogP contribution in [0.25, 0.3) is 0 Å². The summed E-state index contributed by atoms with van der Waals surface area (Å²) in [6, 6.07) is 5.56. The summed E-state index contributed by atoms with van der Waals surface area (Å²) in [6.45, 7) is 0. The molecule has 0 unspecified atom stereocenters. The summed E-state index contributed by atoms with van der Waals surface area (Å²) in [6.07, 6.45) is 3.52. The van der Waals surface area contributed by atoms with E-state index in [-0.39, 0.29) is 18.4 Å². The predicted molar refractivity (Wildman–Crippen MR) is 73.1 cm³/mol. The first-order valence-electron chi connectivity index (χ1n) is 4.10. The van der Waals surface area contributed by atoms with Gasteiger partial charge in [0.25, 0.3) is 0 Å². The van der Waals surface area contributed by atoms with Crippen molar-refractivity contribution in [1.82, 2.24) is 5.43 Å². The van der Waals surface area contributed by atoms with Crippen LogP contribution in [0.1, 0.15) is 5.56 Å². The van der Waals surface area contributed by atoms with Crippen molar-refractivity contribution in [3.05, 3.63) is 28.8 Å². The molecular weight excluding hydrogens is 267 g/mol. The number of hydrazone groups is 1. The highest BCUT2D eigenvalue weighted by atomic mass is 35.5. The fourth-order valence-corrected chi connectivity index (χ4v) is 2.05. The van der Waals surface area contributed by atoms with E-state index in [4.69, 9.17) is 22.7 Å². The van der Waals surface area contributed by atoms with Crippen molar-refractivity contribution in [3.8, 4) is 0 Å². The normalized spacial score (nSPS) is 9.88. The summed E-state index contributed by atoms with van der Waals surface area (Å²) < 4.78 is 0. The molecule has 0 aliphatic carbocycles. The zero-order valence-corrected chi connectivity index (χ0v) is 10.9. The van der Waals surface area contributed by atoms with Crippen molar-refractivity contribution in [2.24, 2.45) is 10.8 Å². The van der Waals surface area contributed by atoms with Crippen molar-refractivity contribution in [2.75, 3.05) is 6.26 Å². The van der Waals surface area contributed by atoms with Gasteiger partial charge in [0.05, 0.1) is 11.2 Å². The van der Waals surface area contributed by atoms with E-state index in [2.05, 4.69) is 10.5 Å². The van der Waals surface area contributed by atoms with Crippen molar-refractivity contribution < 1.29 is 0 Å². The number of nitrogens with one attached hydrogen (secondary N) is 2. The fraction of sp³-hybridized carbons (Fsp3) is 0.111. The molecule has 0 radical (unpaired) electrons. The predicted octanol–water partition coefficient (Wildman–Crippen LogP) is 2.30. The van der Waals surface area contributed by atoms with E-state index in [0.717, 1.165) is 10.5 Å². The number of nitrogens with two attached hydrogens (primary N) is 1. The summed E-state index contributed by atoms with van der Waals surface area (Å²) in [5, 5.41) is 11.4. The van der Waals surface area contributed by atoms with Gasteiger partial charge in [-0.15, -0.1) is 24.2 Å². The van der Waals surface area contributed by atoms with Crippen LogP contribution in [0.3, 0.4) is 0 Å². The summed E-state index contributed by atoms with van der Waals surface area (Å²) in [5.74, 6) is -0.195. The maximum absolute atomic E-state index is 6.92. The largest absolute Gasteiger partial charge is 0.369 e. The zero-order chi connectivity index (χ0) is 11.3. The van der Waals surface area contributed by atoms with Gasteiger partial charge in [-0.05, 0) is 12.3 Å². The Bertz CT molecular complexity index is 395. The zero-order valence-electron chi connectivity index (χ0n) is 8.53. The van der Waals surface area contributed by atoms with E-state index >= 15 is 0 Å². The summed E-state index contributed by atoms with van der Waals surface area (Å²) in [7, 11) is 0. The Balaban J connectivity index is 0.00000225. The third-order valence-electron chi connectivity index (χ3n) is 1.59. The molecule has 0 aliphatic rings. The maximum atomic E-state index is 6.92. The first-order chi connectivity index (χ1) is 7.15. The van der Waals surface area contributed by atoms with Crippen LogP contribution in [0.5, 0.6) is 0 Å². The Morgan fingerprint density at radius 2 is 2.31 bits per heavy atom. The molecule has 0 aliphatic heterocycles. The molecule has 0 aromatic heterocycles. The van der Waals surface area contributed by atoms with Gasteiger partial charge in [-0.2, -0.15) is 5.10 Å². The minimum Gasteiger partial charge on any atom is -0.369 e. The number of halogens is 2. The van der Waals surface area contributed by atoms with Crippen LogP contribution in [0, 0.1) is 5.41 Å². The molecule has 4 nitrogen and oxygen atoms in total. The Morgan fingerprint density at radius 1 is 1.62 bits per heavy atom. The van der Waals surface area contributed by atoms with Crippen LogP contribution in [0.2, 0.25) is 5.02 Å². The van der Waals surface area contributed by atoms with E-state index in [1.165, 1.54) is 0 Å². The number of benzene rings is 1. The molecule has 0 saturated heterocycles. The molecule has 1 aromatic rings. The smallest absolute Gasteiger partial charge is 0.206 e. The molecule has 88 valence electrons. The SMILES string of the molecule is CSc1c(Cl)cccc1/C=N/NC(=N)N.Cl. The van der Waals surface area contributed by atoms with E-state index in [1.807, 2.05) is 24.5 Å². The van der Waals surface area contributed by atoms with Crippen LogP contribution < -0.4 is 11.2 Å². The standard InChI is InChI=1S/C9H11ClN4S.ClH/c1-15-8-6(3-2-4-7(8)10)5-13-14-9(11)12;/h2-5H,1H3,(H4,11,12,14);1H/b13-5+;. The number of hydrogen-bond donors (Lipinski definition) is 3. The second-order valence-electron chi connectivity index (χ2n) is 2.65. The number of thioether (sulfide) groups is 1. The molecule has 0 saturated carbocycles. The topological polar surface area (TPSA) is 74.3 Å². The van der Waals surface area contributed by atoms with Crippen LogP contribution in [-0.2, 0) is 0 Å². The van der Waals surface area contributed by atoms with Gasteiger partial charge in [0.15, 0.2) is 0 Å². The lowest BCUT2D eigenvalue weighted by Gasteiger charge is -2.04. The van der Waals surface area contributed by atoms with Gasteiger partial charge in [-0.3, -0.25) is 5.41 Å². The van der Waals surface area contributed by atoms with Crippen LogP contribution in [0.15, 0.2) is 28.2 Å². The van der Waals surface area contributed by atoms with E-state index in [0.29, 0.717) is 5.02 Å². The lowest BCUT2D eigenvalue weighted by Crippen LogP contribution is -2.25. The highest BCUT2D eigenvalue weighted by molar-refractivity contribution is 7.98. The Morgan fingerprint density at radius 3 is 2.88 bits per heavy atom. The van der Waals surface area contributed by atoms with Gasteiger partial charge >= 0.3 is 0 Å². The molecule has 4 N–H and O–H groups in total. The van der Waals surface area contributed by atoms with Crippen molar-refractivity contribution >= 4 is 47.9 Å². The number of guanidine groups is 1. The third-order valence-corrected chi connectivity index (χ3v) is 2.88. The minimum absolute atomic E-state index is 0. The highest BCUT2D eigenvalue weighted by Gasteiger charge is 2.02. The molecular formula is C9H12Cl2N4S. The van der Waals surface area contributed by atoms with Crippen LogP contribution in [-0.4, -0.2) is 18.4 Å². The van der Waals surface area contributed by atoms with Gasteiger partial charge in [-0.1, -0.05) is 23.7 Å². The van der Waals surface area contributed by atoms with Gasteiger partial charge < -0.3 is 5.73 Å². The molecule has 0 spiro atoms. The summed E-state index contributed by atoms with van der Waals surface area (Å²) >= 11 is 7.55. The summed E-state index contributed by atoms with van der Waals surface area (Å²) in [4.78, 5) is 0.952. The third kappa shape index (κ3) is 4.30. The molecule has 1 aromatic carbocycles. The Labute approximate surface area is 110 Å². The van der Waals surface area contributed by atoms with E-state index in [1.54, 1.807) is 18.0 Å². The first kappa shape index (κ1) is 15.1. The molecule has 1 rings (SSSR count). The molecule has 7 heteroatoms. The number of nitrogens with zero attached hydrogens (tertiary/aromatic N) is 1. The minimum atomic E-state index is -0.195. The van der Waals surface area contributed by atoms with Crippen molar-refractivity contribution in [2.45, 2.75) is 4.90 Å². The van der Waals surface area contributed by atoms with Crippen molar-refractivity contribution in [3.63, 3.8) is 0 Å². The second kappa shape index (κ2) is 7.38. The van der Waals surface area contributed by atoms with Crippen LogP contribution >= 0.6 is 35.8 Å². The second-order valence-corrected chi connectivity index (χ2v) is 3.87. The van der Waals surface area contributed by atoms with E-state index in [9.17, 15) is 0 Å². The molecule has 0 bridgehead atoms.